The molecule has 0 unspecified atom stereocenters. The van der Waals surface area contributed by atoms with Gasteiger partial charge in [-0.25, -0.2) is 0 Å². The number of hydrogen-bond donors (Lipinski definition) is 0. The molecule has 0 saturated carbocycles. The second-order valence-corrected chi connectivity index (χ2v) is 6.01. The van der Waals surface area contributed by atoms with Gasteiger partial charge in [0.25, 0.3) is 0 Å². The summed E-state index contributed by atoms with van der Waals surface area (Å²) in [5.74, 6) is 0. The molecule has 0 fully saturated rings. The number of carbonyl (C=O) groups excluding carboxylic acids is 1. The van der Waals surface area contributed by atoms with E-state index >= 15 is 0 Å². The van der Waals surface area contributed by atoms with Crippen molar-refractivity contribution < 1.29 is 4.79 Å². The van der Waals surface area contributed by atoms with Crippen LogP contribution in [0.5, 0.6) is 0 Å². The normalized spacial score (nSPS) is 10.5. The average Bonchev–Trinajstić information content (AvgIpc) is 2.75. The molecule has 0 aliphatic rings. The maximum atomic E-state index is 10.9. The van der Waals surface area contributed by atoms with E-state index in [0.717, 1.165) is 39.7 Å². The predicted octanol–water partition coefficient (Wildman–Crippen LogP) is 5.29. The Morgan fingerprint density at radius 1 is 0.500 bits per heavy atom. The molecule has 0 N–H and O–H groups in total. The molecule has 0 saturated heterocycles. The van der Waals surface area contributed by atoms with E-state index in [2.05, 4.69) is 28.2 Å². The Labute approximate surface area is 152 Å². The van der Waals surface area contributed by atoms with Gasteiger partial charge in [0.15, 0.2) is 0 Å². The fourth-order valence-electron chi connectivity index (χ4n) is 2.97. The van der Waals surface area contributed by atoms with Crippen LogP contribution in [0.3, 0.4) is 0 Å². The van der Waals surface area contributed by atoms with Crippen molar-refractivity contribution in [1.82, 2.24) is 9.97 Å². The molecule has 0 spiro atoms. The van der Waals surface area contributed by atoms with Gasteiger partial charge in [-0.2, -0.15) is 0 Å². The predicted molar refractivity (Wildman–Crippen MR) is 104 cm³/mol. The van der Waals surface area contributed by atoms with Gasteiger partial charge in [0.05, 0.1) is 0 Å². The highest BCUT2D eigenvalue weighted by Crippen LogP contribution is 2.32. The van der Waals surface area contributed by atoms with Crippen LogP contribution in [0.25, 0.3) is 33.4 Å². The van der Waals surface area contributed by atoms with Crippen LogP contribution in [0, 0.1) is 0 Å². The third kappa shape index (κ3) is 3.28. The minimum atomic E-state index is 0.674. The van der Waals surface area contributed by atoms with Crippen molar-refractivity contribution in [3.63, 3.8) is 0 Å². The molecule has 2 aromatic carbocycles. The van der Waals surface area contributed by atoms with Crippen LogP contribution in [0.2, 0.25) is 0 Å². The number of nitrogens with zero attached hydrogens (tertiary/aromatic N) is 2. The molecule has 4 aromatic rings. The van der Waals surface area contributed by atoms with Gasteiger partial charge in [0.1, 0.15) is 6.29 Å². The lowest BCUT2D eigenvalue weighted by Crippen LogP contribution is -1.87. The minimum Gasteiger partial charge on any atom is -0.298 e. The summed E-state index contributed by atoms with van der Waals surface area (Å²) < 4.78 is 0. The molecule has 0 bridgehead atoms. The van der Waals surface area contributed by atoms with E-state index in [9.17, 15) is 4.79 Å². The largest absolute Gasteiger partial charge is 0.298 e. The first-order valence-electron chi connectivity index (χ1n) is 8.35. The quantitative estimate of drug-likeness (QED) is 0.476. The molecule has 3 nitrogen and oxygen atoms in total. The second-order valence-electron chi connectivity index (χ2n) is 6.01. The summed E-state index contributed by atoms with van der Waals surface area (Å²) in [5.41, 5.74) is 7.31. The zero-order valence-corrected chi connectivity index (χ0v) is 14.0. The van der Waals surface area contributed by atoms with E-state index in [-0.39, 0.29) is 0 Å². The highest BCUT2D eigenvalue weighted by atomic mass is 16.1. The van der Waals surface area contributed by atoms with Gasteiger partial charge in [0, 0.05) is 30.4 Å². The van der Waals surface area contributed by atoms with Gasteiger partial charge in [-0.3, -0.25) is 14.8 Å². The highest BCUT2D eigenvalue weighted by Gasteiger charge is 2.07. The van der Waals surface area contributed by atoms with Crippen molar-refractivity contribution in [2.45, 2.75) is 0 Å². The maximum absolute atomic E-state index is 10.9. The standard InChI is InChI=1S/C23H16N2O/c26-16-17-1-3-18(4-2-17)21-13-22(19-5-9-24-10-6-19)15-23(14-21)20-7-11-25-12-8-20/h1-16H. The summed E-state index contributed by atoms with van der Waals surface area (Å²) in [6.45, 7) is 0. The Balaban J connectivity index is 1.88. The average molecular weight is 336 g/mol. The van der Waals surface area contributed by atoms with Crippen molar-refractivity contribution in [1.29, 1.82) is 0 Å². The lowest BCUT2D eigenvalue weighted by Gasteiger charge is -2.11. The molecule has 3 heteroatoms. The summed E-state index contributed by atoms with van der Waals surface area (Å²) in [4.78, 5) is 19.1. The van der Waals surface area contributed by atoms with E-state index in [0.29, 0.717) is 5.56 Å². The molecule has 26 heavy (non-hydrogen) atoms. The fourth-order valence-corrected chi connectivity index (χ4v) is 2.97. The fraction of sp³-hybridized carbons (Fsp3) is 0. The second kappa shape index (κ2) is 7.11. The summed E-state index contributed by atoms with van der Waals surface area (Å²) in [5, 5.41) is 0. The van der Waals surface area contributed by atoms with Crippen LogP contribution >= 0.6 is 0 Å². The first-order chi connectivity index (χ1) is 12.8. The SMILES string of the molecule is O=Cc1ccc(-c2cc(-c3ccncc3)cc(-c3ccncc3)c2)cc1. The highest BCUT2D eigenvalue weighted by molar-refractivity contribution is 5.82. The zero-order chi connectivity index (χ0) is 17.8. The number of benzene rings is 2. The molecule has 0 aliphatic heterocycles. The molecule has 0 aliphatic carbocycles. The monoisotopic (exact) mass is 336 g/mol. The summed E-state index contributed by atoms with van der Waals surface area (Å²) in [7, 11) is 0. The Hall–Kier alpha value is -3.59. The lowest BCUT2D eigenvalue weighted by atomic mass is 9.94. The number of carbonyl (C=O) groups is 1. The zero-order valence-electron chi connectivity index (χ0n) is 14.0. The number of aromatic nitrogens is 2. The Kier molecular flexibility index (Phi) is 4.35. The summed E-state index contributed by atoms with van der Waals surface area (Å²) in [6.07, 6.45) is 8.06. The first-order valence-corrected chi connectivity index (χ1v) is 8.35. The number of hydrogen-bond acceptors (Lipinski definition) is 3. The molecule has 0 atom stereocenters. The number of aldehydes is 1. The summed E-state index contributed by atoms with van der Waals surface area (Å²) in [6, 6.07) is 22.2. The van der Waals surface area contributed by atoms with E-state index < -0.39 is 0 Å². The van der Waals surface area contributed by atoms with E-state index in [1.165, 1.54) is 0 Å². The van der Waals surface area contributed by atoms with Crippen LogP contribution < -0.4 is 0 Å². The third-order valence-corrected chi connectivity index (χ3v) is 4.34. The van der Waals surface area contributed by atoms with E-state index in [1.54, 1.807) is 24.8 Å². The molecule has 4 rings (SSSR count). The molecule has 0 amide bonds. The van der Waals surface area contributed by atoms with Crippen molar-refractivity contribution in [3.05, 3.63) is 97.1 Å². The van der Waals surface area contributed by atoms with E-state index in [1.807, 2.05) is 48.5 Å². The smallest absolute Gasteiger partial charge is 0.150 e. The number of rotatable bonds is 4. The molecule has 124 valence electrons. The van der Waals surface area contributed by atoms with Crippen molar-refractivity contribution in [3.8, 4) is 33.4 Å². The summed E-state index contributed by atoms with van der Waals surface area (Å²) >= 11 is 0. The van der Waals surface area contributed by atoms with Gasteiger partial charge in [0.2, 0.25) is 0 Å². The first kappa shape index (κ1) is 15.9. The van der Waals surface area contributed by atoms with Gasteiger partial charge < -0.3 is 0 Å². The topological polar surface area (TPSA) is 42.9 Å². The van der Waals surface area contributed by atoms with Crippen LogP contribution in [0.1, 0.15) is 10.4 Å². The molecule has 2 heterocycles. The van der Waals surface area contributed by atoms with Gasteiger partial charge >= 0.3 is 0 Å². The van der Waals surface area contributed by atoms with Crippen LogP contribution in [0.15, 0.2) is 91.5 Å². The van der Waals surface area contributed by atoms with Crippen molar-refractivity contribution >= 4 is 6.29 Å². The third-order valence-electron chi connectivity index (χ3n) is 4.34. The van der Waals surface area contributed by atoms with Gasteiger partial charge in [-0.05, 0) is 75.8 Å². The van der Waals surface area contributed by atoms with Crippen LogP contribution in [-0.2, 0) is 0 Å². The van der Waals surface area contributed by atoms with Crippen molar-refractivity contribution in [2.24, 2.45) is 0 Å². The Bertz CT molecular complexity index is 969. The van der Waals surface area contributed by atoms with Crippen LogP contribution in [-0.4, -0.2) is 16.3 Å². The Morgan fingerprint density at radius 2 is 0.885 bits per heavy atom. The maximum Gasteiger partial charge on any atom is 0.150 e. The van der Waals surface area contributed by atoms with Crippen molar-refractivity contribution in [2.75, 3.05) is 0 Å². The lowest BCUT2D eigenvalue weighted by molar-refractivity contribution is 0.112. The molecule has 2 aromatic heterocycles. The molecular formula is C23H16N2O. The number of pyridine rings is 2. The van der Waals surface area contributed by atoms with E-state index in [4.69, 9.17) is 0 Å². The molecular weight excluding hydrogens is 320 g/mol. The minimum absolute atomic E-state index is 0.674. The van der Waals surface area contributed by atoms with Gasteiger partial charge in [-0.15, -0.1) is 0 Å². The van der Waals surface area contributed by atoms with Gasteiger partial charge in [-0.1, -0.05) is 24.3 Å². The Morgan fingerprint density at radius 3 is 1.27 bits per heavy atom. The molecule has 0 radical (unpaired) electrons. The van der Waals surface area contributed by atoms with Crippen LogP contribution in [0.4, 0.5) is 0 Å².